The number of piperazine rings is 1. The first-order chi connectivity index (χ1) is 17.5. The summed E-state index contributed by atoms with van der Waals surface area (Å²) < 4.78 is 11.0. The smallest absolute Gasteiger partial charge is 0.410 e. The number of ether oxygens (including phenoxy) is 2. The van der Waals surface area contributed by atoms with Crippen molar-refractivity contribution in [2.45, 2.75) is 52.7 Å². The van der Waals surface area contributed by atoms with Crippen LogP contribution in [-0.2, 0) is 9.47 Å². The van der Waals surface area contributed by atoms with Gasteiger partial charge in [-0.3, -0.25) is 0 Å². The van der Waals surface area contributed by atoms with E-state index in [-0.39, 0.29) is 23.4 Å². The highest BCUT2D eigenvalue weighted by molar-refractivity contribution is 5.96. The third kappa shape index (κ3) is 6.72. The zero-order valence-corrected chi connectivity index (χ0v) is 22.8. The number of amides is 1. The van der Waals surface area contributed by atoms with Crippen molar-refractivity contribution >= 4 is 23.7 Å². The van der Waals surface area contributed by atoms with E-state index in [1.165, 1.54) is 0 Å². The molecule has 0 radical (unpaired) electrons. The molecule has 0 aromatic carbocycles. The summed E-state index contributed by atoms with van der Waals surface area (Å²) in [5.74, 6) is 1.21. The Morgan fingerprint density at radius 2 is 1.92 bits per heavy atom. The molecule has 206 valence electrons. The number of amidine groups is 1. The molecule has 0 spiro atoms. The summed E-state index contributed by atoms with van der Waals surface area (Å²) in [5.41, 5.74) is 6.05. The molecule has 37 heavy (non-hydrogen) atoms. The molecule has 0 bridgehead atoms. The third-order valence-corrected chi connectivity index (χ3v) is 7.02. The highest BCUT2D eigenvalue weighted by atomic mass is 16.6. The van der Waals surface area contributed by atoms with Gasteiger partial charge in [0, 0.05) is 63.3 Å². The largest absolute Gasteiger partial charge is 0.444 e. The first kappa shape index (κ1) is 27.2. The number of hydrogen-bond acceptors (Lipinski definition) is 10. The minimum absolute atomic E-state index is 0.0562. The van der Waals surface area contributed by atoms with Crippen LogP contribution in [0.2, 0.25) is 0 Å². The van der Waals surface area contributed by atoms with Gasteiger partial charge in [0.15, 0.2) is 5.84 Å². The van der Waals surface area contributed by atoms with E-state index in [0.717, 1.165) is 45.8 Å². The maximum atomic E-state index is 12.5. The average molecular weight is 519 g/mol. The van der Waals surface area contributed by atoms with Crippen molar-refractivity contribution in [2.75, 3.05) is 75.4 Å². The molecule has 4 heterocycles. The fourth-order valence-electron chi connectivity index (χ4n) is 5.11. The summed E-state index contributed by atoms with van der Waals surface area (Å²) in [4.78, 5) is 30.6. The lowest BCUT2D eigenvalue weighted by atomic mass is 9.88. The van der Waals surface area contributed by atoms with E-state index in [1.54, 1.807) is 11.0 Å². The number of carbonyl (C=O) groups is 1. The molecule has 12 heteroatoms. The van der Waals surface area contributed by atoms with Gasteiger partial charge >= 0.3 is 6.09 Å². The van der Waals surface area contributed by atoms with Crippen molar-refractivity contribution in [3.8, 4) is 0 Å². The van der Waals surface area contributed by atoms with Gasteiger partial charge in [0.05, 0.1) is 13.2 Å². The Bertz CT molecular complexity index is 985. The number of carbonyl (C=O) groups excluding carboxylic acids is 1. The van der Waals surface area contributed by atoms with Crippen molar-refractivity contribution in [1.29, 1.82) is 0 Å². The highest BCUT2D eigenvalue weighted by Crippen LogP contribution is 2.29. The van der Waals surface area contributed by atoms with E-state index in [1.807, 2.05) is 20.8 Å². The molecule has 1 amide bonds. The molecule has 0 aliphatic carbocycles. The van der Waals surface area contributed by atoms with Gasteiger partial charge in [0.25, 0.3) is 0 Å². The Morgan fingerprint density at radius 3 is 2.51 bits per heavy atom. The fraction of sp³-hybridized carbons (Fsp3) is 0.760. The van der Waals surface area contributed by atoms with Crippen molar-refractivity contribution in [1.82, 2.24) is 19.8 Å². The van der Waals surface area contributed by atoms with Gasteiger partial charge < -0.3 is 40.0 Å². The van der Waals surface area contributed by atoms with Crippen LogP contribution in [0.15, 0.2) is 11.2 Å². The number of hydrogen-bond donors (Lipinski definition) is 2. The minimum Gasteiger partial charge on any atom is -0.444 e. The van der Waals surface area contributed by atoms with Gasteiger partial charge in [-0.2, -0.15) is 4.98 Å². The van der Waals surface area contributed by atoms with Crippen LogP contribution in [0.25, 0.3) is 0 Å². The Balaban J connectivity index is 1.49. The van der Waals surface area contributed by atoms with Gasteiger partial charge in [0.1, 0.15) is 17.1 Å². The molecule has 4 rings (SSSR count). The molecule has 3 aliphatic rings. The predicted octanol–water partition coefficient (Wildman–Crippen LogP) is 1.57. The molecular weight excluding hydrogens is 476 g/mol. The molecule has 0 unspecified atom stereocenters. The van der Waals surface area contributed by atoms with Crippen LogP contribution < -0.4 is 15.5 Å². The number of oxime groups is 1. The van der Waals surface area contributed by atoms with E-state index in [0.29, 0.717) is 43.6 Å². The first-order valence-electron chi connectivity index (χ1n) is 13.1. The number of aromatic nitrogens is 2. The standard InChI is InChI=1S/C25H42N8O4/c1-18-14-30(15-25(5)16-36-17-25)7-6-8-33(18)22-27-19(21(26)29-35)13-20(28-22)31-9-11-32(12-10-31)23(34)37-24(2,3)4/h13,18,35H,6-12,14-17H2,1-5H3,(H2,26,29)/t18-/m0/s1. The maximum Gasteiger partial charge on any atom is 0.410 e. The van der Waals surface area contributed by atoms with Crippen LogP contribution in [0.4, 0.5) is 16.6 Å². The normalized spacial score (nSPS) is 23.4. The molecule has 3 fully saturated rings. The molecule has 3 aliphatic heterocycles. The van der Waals surface area contributed by atoms with Crippen LogP contribution in [0, 0.1) is 5.41 Å². The van der Waals surface area contributed by atoms with Crippen molar-refractivity contribution in [2.24, 2.45) is 16.3 Å². The summed E-state index contributed by atoms with van der Waals surface area (Å²) in [5, 5.41) is 12.5. The molecule has 1 aromatic rings. The molecule has 12 nitrogen and oxygen atoms in total. The zero-order valence-electron chi connectivity index (χ0n) is 22.8. The maximum absolute atomic E-state index is 12.5. The van der Waals surface area contributed by atoms with E-state index < -0.39 is 5.60 Å². The van der Waals surface area contributed by atoms with Gasteiger partial charge in [-0.1, -0.05) is 12.1 Å². The van der Waals surface area contributed by atoms with Crippen LogP contribution in [0.3, 0.4) is 0 Å². The van der Waals surface area contributed by atoms with Crippen molar-refractivity contribution < 1.29 is 19.5 Å². The Hall–Kier alpha value is -2.86. The zero-order chi connectivity index (χ0) is 26.8. The van der Waals surface area contributed by atoms with Gasteiger partial charge in [-0.15, -0.1) is 0 Å². The Morgan fingerprint density at radius 1 is 1.22 bits per heavy atom. The quantitative estimate of drug-likeness (QED) is 0.256. The average Bonchev–Trinajstić information content (AvgIpc) is 3.01. The third-order valence-electron chi connectivity index (χ3n) is 7.02. The Kier molecular flexibility index (Phi) is 7.98. The van der Waals surface area contributed by atoms with Gasteiger partial charge in [-0.25, -0.2) is 9.78 Å². The monoisotopic (exact) mass is 518 g/mol. The summed E-state index contributed by atoms with van der Waals surface area (Å²) in [7, 11) is 0. The number of anilines is 2. The molecule has 1 aromatic heterocycles. The number of rotatable bonds is 5. The number of nitrogens with zero attached hydrogens (tertiary/aromatic N) is 7. The molecular formula is C25H42N8O4. The second-order valence-electron chi connectivity index (χ2n) is 11.8. The Labute approximate surface area is 219 Å². The predicted molar refractivity (Wildman–Crippen MR) is 141 cm³/mol. The minimum atomic E-state index is -0.533. The fourth-order valence-corrected chi connectivity index (χ4v) is 5.11. The highest BCUT2D eigenvalue weighted by Gasteiger charge is 2.36. The summed E-state index contributed by atoms with van der Waals surface area (Å²) in [6, 6.07) is 1.93. The van der Waals surface area contributed by atoms with E-state index >= 15 is 0 Å². The molecule has 3 saturated heterocycles. The van der Waals surface area contributed by atoms with Crippen molar-refractivity contribution in [3.05, 3.63) is 11.8 Å². The van der Waals surface area contributed by atoms with E-state index in [2.05, 4.69) is 38.7 Å². The summed E-state index contributed by atoms with van der Waals surface area (Å²) >= 11 is 0. The lowest BCUT2D eigenvalue weighted by molar-refractivity contribution is -0.114. The van der Waals surface area contributed by atoms with Gasteiger partial charge in [0.2, 0.25) is 5.95 Å². The molecule has 1 atom stereocenters. The first-order valence-corrected chi connectivity index (χ1v) is 13.1. The van der Waals surface area contributed by atoms with E-state index in [4.69, 9.17) is 20.2 Å². The second kappa shape index (κ2) is 10.9. The number of nitrogens with two attached hydrogens (primary N) is 1. The topological polar surface area (TPSA) is 133 Å². The lowest BCUT2D eigenvalue weighted by Gasteiger charge is -2.42. The van der Waals surface area contributed by atoms with Crippen LogP contribution >= 0.6 is 0 Å². The van der Waals surface area contributed by atoms with Crippen LogP contribution in [0.1, 0.15) is 46.7 Å². The van der Waals surface area contributed by atoms with Crippen LogP contribution in [-0.4, -0.2) is 114 Å². The van der Waals surface area contributed by atoms with E-state index in [9.17, 15) is 10.0 Å². The van der Waals surface area contributed by atoms with Crippen LogP contribution in [0.5, 0.6) is 0 Å². The summed E-state index contributed by atoms with van der Waals surface area (Å²) in [6.45, 7) is 17.7. The molecule has 0 saturated carbocycles. The second-order valence-corrected chi connectivity index (χ2v) is 11.8. The summed E-state index contributed by atoms with van der Waals surface area (Å²) in [6.07, 6.45) is 0.681. The van der Waals surface area contributed by atoms with Crippen molar-refractivity contribution in [3.63, 3.8) is 0 Å². The SMILES string of the molecule is C[C@H]1CN(CC2(C)COC2)CCCN1c1nc(/C(N)=N/O)cc(N2CCN(C(=O)OC(C)(C)C)CC2)n1. The molecule has 3 N–H and O–H groups in total. The lowest BCUT2D eigenvalue weighted by Crippen LogP contribution is -2.51. The van der Waals surface area contributed by atoms with Gasteiger partial charge in [-0.05, 0) is 40.7 Å².